The summed E-state index contributed by atoms with van der Waals surface area (Å²) in [6.45, 7) is 2.93. The summed E-state index contributed by atoms with van der Waals surface area (Å²) >= 11 is 0. The summed E-state index contributed by atoms with van der Waals surface area (Å²) in [5.74, 6) is 1.88. The van der Waals surface area contributed by atoms with Gasteiger partial charge in [-0.1, -0.05) is 12.1 Å². The molecule has 0 saturated heterocycles. The third-order valence-electron chi connectivity index (χ3n) is 3.74. The van der Waals surface area contributed by atoms with Gasteiger partial charge in [-0.2, -0.15) is 5.10 Å². The molecule has 27 heavy (non-hydrogen) atoms. The number of anilines is 1. The quantitative estimate of drug-likeness (QED) is 0.587. The minimum atomic E-state index is -0.0990. The van der Waals surface area contributed by atoms with Crippen molar-refractivity contribution in [1.29, 1.82) is 0 Å². The summed E-state index contributed by atoms with van der Waals surface area (Å²) < 4.78 is 12.9. The van der Waals surface area contributed by atoms with Gasteiger partial charge in [0.25, 0.3) is 0 Å². The zero-order valence-electron chi connectivity index (χ0n) is 15.2. The lowest BCUT2D eigenvalue weighted by atomic mass is 10.3. The molecule has 0 bridgehead atoms. The molecule has 0 radical (unpaired) electrons. The molecule has 0 aliphatic carbocycles. The van der Waals surface area contributed by atoms with Gasteiger partial charge >= 0.3 is 0 Å². The number of hydrogen-bond donors (Lipinski definition) is 1. The summed E-state index contributed by atoms with van der Waals surface area (Å²) in [7, 11) is 0. The van der Waals surface area contributed by atoms with Gasteiger partial charge in [-0.25, -0.2) is 9.67 Å². The maximum Gasteiger partial charge on any atom is 0.224 e. The molecule has 1 N–H and O–H groups in total. The van der Waals surface area contributed by atoms with E-state index >= 15 is 0 Å². The van der Waals surface area contributed by atoms with Crippen LogP contribution in [0.1, 0.15) is 19.8 Å². The van der Waals surface area contributed by atoms with Crippen molar-refractivity contribution in [2.75, 3.05) is 18.5 Å². The maximum absolute atomic E-state index is 12.3. The number of ether oxygens (including phenoxy) is 2. The van der Waals surface area contributed by atoms with Gasteiger partial charge in [0, 0.05) is 25.0 Å². The predicted molar refractivity (Wildman–Crippen MR) is 102 cm³/mol. The number of benzene rings is 1. The molecule has 7 nitrogen and oxygen atoms in total. The van der Waals surface area contributed by atoms with Gasteiger partial charge in [-0.05, 0) is 43.7 Å². The third kappa shape index (κ3) is 5.07. The summed E-state index contributed by atoms with van der Waals surface area (Å²) in [5.41, 5.74) is 0.619. The van der Waals surface area contributed by atoms with Crippen LogP contribution < -0.4 is 14.8 Å². The SMILES string of the molecule is CCOc1ccccc1OCCCC(=O)Nc1cccnc1-n1cccn1. The largest absolute Gasteiger partial charge is 0.490 e. The van der Waals surface area contributed by atoms with Crippen molar-refractivity contribution in [2.45, 2.75) is 19.8 Å². The number of rotatable bonds is 9. The first-order valence-electron chi connectivity index (χ1n) is 8.87. The summed E-state index contributed by atoms with van der Waals surface area (Å²) in [5, 5.41) is 7.04. The second kappa shape index (κ2) is 9.38. The minimum absolute atomic E-state index is 0.0990. The summed E-state index contributed by atoms with van der Waals surface area (Å²) in [4.78, 5) is 16.6. The predicted octanol–water partition coefficient (Wildman–Crippen LogP) is 3.46. The fourth-order valence-corrected chi connectivity index (χ4v) is 2.54. The molecule has 1 amide bonds. The molecule has 7 heteroatoms. The number of amides is 1. The highest BCUT2D eigenvalue weighted by molar-refractivity contribution is 5.92. The normalized spacial score (nSPS) is 10.4. The molecule has 2 heterocycles. The van der Waals surface area contributed by atoms with E-state index in [0.717, 1.165) is 0 Å². The van der Waals surface area contributed by atoms with Gasteiger partial charge in [0.15, 0.2) is 17.3 Å². The van der Waals surface area contributed by atoms with Crippen LogP contribution in [0.4, 0.5) is 5.69 Å². The Kier molecular flexibility index (Phi) is 6.40. The van der Waals surface area contributed by atoms with Crippen LogP contribution in [0.25, 0.3) is 5.82 Å². The first-order chi connectivity index (χ1) is 13.3. The first kappa shape index (κ1) is 18.4. The topological polar surface area (TPSA) is 78.3 Å². The van der Waals surface area contributed by atoms with Gasteiger partial charge in [-0.15, -0.1) is 0 Å². The van der Waals surface area contributed by atoms with Crippen LogP contribution in [-0.2, 0) is 4.79 Å². The molecular formula is C20H22N4O3. The number of hydrogen-bond acceptors (Lipinski definition) is 5. The molecular weight excluding hydrogens is 344 g/mol. The van der Waals surface area contributed by atoms with Crippen molar-refractivity contribution in [1.82, 2.24) is 14.8 Å². The molecule has 3 rings (SSSR count). The molecule has 0 unspecified atom stereocenters. The zero-order valence-corrected chi connectivity index (χ0v) is 15.2. The van der Waals surface area contributed by atoms with Crippen LogP contribution in [0, 0.1) is 0 Å². The number of carbonyl (C=O) groups is 1. The molecule has 0 saturated carbocycles. The van der Waals surface area contributed by atoms with Gasteiger partial charge in [0.2, 0.25) is 5.91 Å². The van der Waals surface area contributed by atoms with Crippen molar-refractivity contribution in [3.8, 4) is 17.3 Å². The number of pyridine rings is 1. The number of nitrogens with one attached hydrogen (secondary N) is 1. The van der Waals surface area contributed by atoms with Crippen molar-refractivity contribution >= 4 is 11.6 Å². The van der Waals surface area contributed by atoms with E-state index in [9.17, 15) is 4.79 Å². The molecule has 140 valence electrons. The standard InChI is InChI=1S/C20H22N4O3/c1-2-26-17-9-3-4-10-18(17)27-15-6-11-19(25)23-16-8-5-12-21-20(16)24-14-7-13-22-24/h3-5,7-10,12-14H,2,6,11,15H2,1H3,(H,23,25). The Labute approximate surface area is 158 Å². The Morgan fingerprint density at radius 2 is 1.89 bits per heavy atom. The average molecular weight is 366 g/mol. The van der Waals surface area contributed by atoms with E-state index in [1.165, 1.54) is 0 Å². The molecule has 0 atom stereocenters. The molecule has 1 aromatic carbocycles. The first-order valence-corrected chi connectivity index (χ1v) is 8.87. The number of para-hydroxylation sites is 2. The smallest absolute Gasteiger partial charge is 0.224 e. The Hall–Kier alpha value is -3.35. The van der Waals surface area contributed by atoms with Crippen molar-refractivity contribution in [3.63, 3.8) is 0 Å². The van der Waals surface area contributed by atoms with Gasteiger partial charge < -0.3 is 14.8 Å². The summed E-state index contributed by atoms with van der Waals surface area (Å²) in [6, 6.07) is 12.9. The zero-order chi connectivity index (χ0) is 18.9. The lowest BCUT2D eigenvalue weighted by molar-refractivity contribution is -0.116. The van der Waals surface area contributed by atoms with E-state index in [1.54, 1.807) is 41.5 Å². The summed E-state index contributed by atoms with van der Waals surface area (Å²) in [6.07, 6.45) is 6.03. The van der Waals surface area contributed by atoms with Crippen molar-refractivity contribution < 1.29 is 14.3 Å². The van der Waals surface area contributed by atoms with E-state index in [1.807, 2.05) is 31.2 Å². The second-order valence-corrected chi connectivity index (χ2v) is 5.71. The Balaban J connectivity index is 1.50. The van der Waals surface area contributed by atoms with Crippen LogP contribution >= 0.6 is 0 Å². The highest BCUT2D eigenvalue weighted by atomic mass is 16.5. The molecule has 0 aliphatic heterocycles. The Morgan fingerprint density at radius 3 is 2.63 bits per heavy atom. The molecule has 0 spiro atoms. The number of nitrogens with zero attached hydrogens (tertiary/aromatic N) is 3. The van der Waals surface area contributed by atoms with E-state index in [-0.39, 0.29) is 5.91 Å². The monoisotopic (exact) mass is 366 g/mol. The number of carbonyl (C=O) groups excluding carboxylic acids is 1. The van der Waals surface area contributed by atoms with Crippen LogP contribution in [0.15, 0.2) is 61.1 Å². The lowest BCUT2D eigenvalue weighted by Gasteiger charge is -2.12. The number of aromatic nitrogens is 3. The third-order valence-corrected chi connectivity index (χ3v) is 3.74. The van der Waals surface area contributed by atoms with Crippen LogP contribution in [-0.4, -0.2) is 33.9 Å². The van der Waals surface area contributed by atoms with E-state index < -0.39 is 0 Å². The van der Waals surface area contributed by atoms with Crippen LogP contribution in [0.3, 0.4) is 0 Å². The highest BCUT2D eigenvalue weighted by Gasteiger charge is 2.10. The Bertz CT molecular complexity index is 865. The molecule has 0 fully saturated rings. The average Bonchev–Trinajstić information content (AvgIpc) is 3.22. The Morgan fingerprint density at radius 1 is 1.07 bits per heavy atom. The van der Waals surface area contributed by atoms with Crippen LogP contribution in [0.5, 0.6) is 11.5 Å². The molecule has 0 aliphatic rings. The van der Waals surface area contributed by atoms with Gasteiger partial charge in [-0.3, -0.25) is 4.79 Å². The van der Waals surface area contributed by atoms with Crippen molar-refractivity contribution in [2.24, 2.45) is 0 Å². The van der Waals surface area contributed by atoms with Gasteiger partial charge in [0.1, 0.15) is 0 Å². The fraction of sp³-hybridized carbons (Fsp3) is 0.250. The van der Waals surface area contributed by atoms with Gasteiger partial charge in [0.05, 0.1) is 18.9 Å². The second-order valence-electron chi connectivity index (χ2n) is 5.71. The van der Waals surface area contributed by atoms with E-state index in [2.05, 4.69) is 15.4 Å². The lowest BCUT2D eigenvalue weighted by Crippen LogP contribution is -2.15. The van der Waals surface area contributed by atoms with Crippen molar-refractivity contribution in [3.05, 3.63) is 61.1 Å². The molecule has 2 aromatic heterocycles. The molecule has 3 aromatic rings. The highest BCUT2D eigenvalue weighted by Crippen LogP contribution is 2.26. The van der Waals surface area contributed by atoms with Crippen LogP contribution in [0.2, 0.25) is 0 Å². The van der Waals surface area contributed by atoms with E-state index in [4.69, 9.17) is 9.47 Å². The fourth-order valence-electron chi connectivity index (χ4n) is 2.54. The maximum atomic E-state index is 12.3. The van der Waals surface area contributed by atoms with E-state index in [0.29, 0.717) is 49.1 Å². The minimum Gasteiger partial charge on any atom is -0.490 e.